The molecule has 1 rings (SSSR count). The zero-order chi connectivity index (χ0) is 12.0. The summed E-state index contributed by atoms with van der Waals surface area (Å²) in [5, 5.41) is 0. The predicted molar refractivity (Wildman–Crippen MR) is 64.5 cm³/mol. The third-order valence-electron chi connectivity index (χ3n) is 2.05. The van der Waals surface area contributed by atoms with Gasteiger partial charge in [-0.05, 0) is 26.0 Å². The van der Waals surface area contributed by atoms with Crippen molar-refractivity contribution in [2.24, 2.45) is 0 Å². The van der Waals surface area contributed by atoms with Crippen molar-refractivity contribution in [3.05, 3.63) is 42.5 Å². The van der Waals surface area contributed by atoms with E-state index in [9.17, 15) is 4.79 Å². The van der Waals surface area contributed by atoms with Crippen LogP contribution < -0.4 is 4.74 Å². The second-order valence-electron chi connectivity index (χ2n) is 3.65. The fourth-order valence-electron chi connectivity index (χ4n) is 1.29. The van der Waals surface area contributed by atoms with Crippen LogP contribution in [-0.4, -0.2) is 24.1 Å². The van der Waals surface area contributed by atoms with E-state index in [-0.39, 0.29) is 6.09 Å². The van der Waals surface area contributed by atoms with E-state index in [1.54, 1.807) is 17.0 Å². The minimum Gasteiger partial charge on any atom is -0.410 e. The number of hydrogen-bond acceptors (Lipinski definition) is 2. The molecule has 0 N–H and O–H groups in total. The van der Waals surface area contributed by atoms with E-state index in [0.29, 0.717) is 18.8 Å². The number of rotatable bonds is 4. The fourth-order valence-corrected chi connectivity index (χ4v) is 1.29. The first-order chi connectivity index (χ1) is 7.63. The highest BCUT2D eigenvalue weighted by atomic mass is 16.6. The van der Waals surface area contributed by atoms with Gasteiger partial charge in [0, 0.05) is 13.1 Å². The van der Waals surface area contributed by atoms with Gasteiger partial charge in [-0.15, -0.1) is 0 Å². The molecule has 0 aliphatic carbocycles. The SMILES string of the molecule is C=C(C)CN(CC)C(=O)Oc1ccccc1. The number of para-hydroxylation sites is 1. The van der Waals surface area contributed by atoms with Crippen molar-refractivity contribution >= 4 is 6.09 Å². The molecule has 1 amide bonds. The zero-order valence-electron chi connectivity index (χ0n) is 9.77. The molecule has 3 nitrogen and oxygen atoms in total. The van der Waals surface area contributed by atoms with Crippen LogP contribution in [0.2, 0.25) is 0 Å². The van der Waals surface area contributed by atoms with Gasteiger partial charge in [0.1, 0.15) is 5.75 Å². The molecule has 0 saturated heterocycles. The lowest BCUT2D eigenvalue weighted by Gasteiger charge is -2.20. The second-order valence-corrected chi connectivity index (χ2v) is 3.65. The summed E-state index contributed by atoms with van der Waals surface area (Å²) >= 11 is 0. The highest BCUT2D eigenvalue weighted by Crippen LogP contribution is 2.10. The number of amides is 1. The van der Waals surface area contributed by atoms with Gasteiger partial charge in [-0.1, -0.05) is 30.4 Å². The van der Waals surface area contributed by atoms with Crippen molar-refractivity contribution in [1.29, 1.82) is 0 Å². The molecule has 0 radical (unpaired) electrons. The molecule has 0 unspecified atom stereocenters. The number of benzene rings is 1. The number of carbonyl (C=O) groups excluding carboxylic acids is 1. The van der Waals surface area contributed by atoms with Crippen LogP contribution in [0.15, 0.2) is 42.5 Å². The molecule has 16 heavy (non-hydrogen) atoms. The van der Waals surface area contributed by atoms with E-state index in [1.165, 1.54) is 0 Å². The molecule has 0 saturated carbocycles. The molecule has 0 atom stereocenters. The average Bonchev–Trinajstić information content (AvgIpc) is 2.26. The van der Waals surface area contributed by atoms with Crippen molar-refractivity contribution in [1.82, 2.24) is 4.90 Å². The zero-order valence-corrected chi connectivity index (χ0v) is 9.77. The first-order valence-corrected chi connectivity index (χ1v) is 5.29. The third-order valence-corrected chi connectivity index (χ3v) is 2.05. The molecule has 0 aromatic heterocycles. The minimum atomic E-state index is -0.336. The first-order valence-electron chi connectivity index (χ1n) is 5.29. The molecule has 1 aromatic carbocycles. The quantitative estimate of drug-likeness (QED) is 0.728. The van der Waals surface area contributed by atoms with Crippen molar-refractivity contribution in [3.63, 3.8) is 0 Å². The van der Waals surface area contributed by atoms with Gasteiger partial charge in [0.25, 0.3) is 0 Å². The Morgan fingerprint density at radius 1 is 1.38 bits per heavy atom. The normalized spacial score (nSPS) is 9.62. The Balaban J connectivity index is 2.59. The summed E-state index contributed by atoms with van der Waals surface area (Å²) in [6.45, 7) is 8.72. The minimum absolute atomic E-state index is 0.336. The Labute approximate surface area is 96.3 Å². The van der Waals surface area contributed by atoms with E-state index in [1.807, 2.05) is 32.0 Å². The highest BCUT2D eigenvalue weighted by Gasteiger charge is 2.13. The van der Waals surface area contributed by atoms with Gasteiger partial charge in [-0.25, -0.2) is 4.79 Å². The van der Waals surface area contributed by atoms with Crippen molar-refractivity contribution in [3.8, 4) is 5.75 Å². The van der Waals surface area contributed by atoms with Crippen LogP contribution in [0.1, 0.15) is 13.8 Å². The van der Waals surface area contributed by atoms with Gasteiger partial charge >= 0.3 is 6.09 Å². The van der Waals surface area contributed by atoms with Crippen LogP contribution in [0.4, 0.5) is 4.79 Å². The Morgan fingerprint density at radius 3 is 2.50 bits per heavy atom. The summed E-state index contributed by atoms with van der Waals surface area (Å²) in [5.74, 6) is 0.563. The van der Waals surface area contributed by atoms with Crippen LogP contribution in [0.5, 0.6) is 5.75 Å². The van der Waals surface area contributed by atoms with E-state index < -0.39 is 0 Å². The number of likely N-dealkylation sites (N-methyl/N-ethyl adjacent to an activating group) is 1. The summed E-state index contributed by atoms with van der Waals surface area (Å²) in [4.78, 5) is 13.3. The Morgan fingerprint density at radius 2 is 2.00 bits per heavy atom. The van der Waals surface area contributed by atoms with E-state index in [4.69, 9.17) is 4.74 Å². The third kappa shape index (κ3) is 3.77. The molecule has 0 heterocycles. The Kier molecular flexibility index (Phi) is 4.58. The van der Waals surface area contributed by atoms with E-state index in [2.05, 4.69) is 6.58 Å². The predicted octanol–water partition coefficient (Wildman–Crippen LogP) is 3.08. The van der Waals surface area contributed by atoms with Crippen LogP contribution in [0.3, 0.4) is 0 Å². The van der Waals surface area contributed by atoms with Crippen molar-refractivity contribution in [2.45, 2.75) is 13.8 Å². The van der Waals surface area contributed by atoms with Gasteiger partial charge < -0.3 is 9.64 Å². The van der Waals surface area contributed by atoms with Crippen LogP contribution in [-0.2, 0) is 0 Å². The maximum Gasteiger partial charge on any atom is 0.415 e. The van der Waals surface area contributed by atoms with Gasteiger partial charge in [0.05, 0.1) is 0 Å². The van der Waals surface area contributed by atoms with Crippen molar-refractivity contribution < 1.29 is 9.53 Å². The lowest BCUT2D eigenvalue weighted by atomic mass is 10.3. The summed E-state index contributed by atoms with van der Waals surface area (Å²) in [5.41, 5.74) is 0.937. The molecular weight excluding hydrogens is 202 g/mol. The number of hydrogen-bond donors (Lipinski definition) is 0. The van der Waals surface area contributed by atoms with Gasteiger partial charge in [0.2, 0.25) is 0 Å². The molecule has 0 bridgehead atoms. The highest BCUT2D eigenvalue weighted by molar-refractivity contribution is 5.70. The van der Waals surface area contributed by atoms with Gasteiger partial charge in [-0.3, -0.25) is 0 Å². The first kappa shape index (κ1) is 12.3. The molecule has 0 aliphatic rings. The second kappa shape index (κ2) is 5.95. The van der Waals surface area contributed by atoms with Crippen LogP contribution in [0, 0.1) is 0 Å². The Bertz CT molecular complexity index is 359. The Hall–Kier alpha value is -1.77. The van der Waals surface area contributed by atoms with Gasteiger partial charge in [0.15, 0.2) is 0 Å². The number of carbonyl (C=O) groups is 1. The summed E-state index contributed by atoms with van der Waals surface area (Å²) in [6.07, 6.45) is -0.336. The van der Waals surface area contributed by atoms with E-state index in [0.717, 1.165) is 5.57 Å². The maximum absolute atomic E-state index is 11.7. The topological polar surface area (TPSA) is 29.5 Å². The summed E-state index contributed by atoms with van der Waals surface area (Å²) in [7, 11) is 0. The standard InChI is InChI=1S/C13H17NO2/c1-4-14(10-11(2)3)13(15)16-12-8-6-5-7-9-12/h5-9H,2,4,10H2,1,3H3. The molecule has 0 spiro atoms. The smallest absolute Gasteiger partial charge is 0.410 e. The fraction of sp³-hybridized carbons (Fsp3) is 0.308. The van der Waals surface area contributed by atoms with Gasteiger partial charge in [-0.2, -0.15) is 0 Å². The molecule has 0 aliphatic heterocycles. The molecular formula is C13H17NO2. The molecule has 3 heteroatoms. The summed E-state index contributed by atoms with van der Waals surface area (Å²) < 4.78 is 5.21. The number of ether oxygens (including phenoxy) is 1. The monoisotopic (exact) mass is 219 g/mol. The average molecular weight is 219 g/mol. The van der Waals surface area contributed by atoms with E-state index >= 15 is 0 Å². The van der Waals surface area contributed by atoms with Crippen molar-refractivity contribution in [2.75, 3.05) is 13.1 Å². The van der Waals surface area contributed by atoms with Crippen LogP contribution >= 0.6 is 0 Å². The summed E-state index contributed by atoms with van der Waals surface area (Å²) in [6, 6.07) is 9.05. The number of nitrogens with zero attached hydrogens (tertiary/aromatic N) is 1. The molecule has 0 fully saturated rings. The molecule has 1 aromatic rings. The largest absolute Gasteiger partial charge is 0.415 e. The lowest BCUT2D eigenvalue weighted by Crippen LogP contribution is -2.34. The van der Waals surface area contributed by atoms with Crippen LogP contribution in [0.25, 0.3) is 0 Å². The maximum atomic E-state index is 11.7. The molecule has 86 valence electrons. The lowest BCUT2D eigenvalue weighted by molar-refractivity contribution is 0.159.